The number of hydrogen-bond donors (Lipinski definition) is 3. The Hall–Kier alpha value is -1.94. The molecule has 17 nitrogen and oxygen atoms in total. The summed E-state index contributed by atoms with van der Waals surface area (Å²) in [5.74, 6) is -1.36. The first kappa shape index (κ1) is 98.1. The van der Waals surface area contributed by atoms with E-state index in [1.807, 2.05) is 0 Å². The van der Waals surface area contributed by atoms with Gasteiger partial charge in [0.15, 0.2) is 12.2 Å². The van der Waals surface area contributed by atoms with Crippen molar-refractivity contribution in [3.05, 3.63) is 0 Å². The van der Waals surface area contributed by atoms with E-state index in [2.05, 4.69) is 34.6 Å². The Morgan fingerprint density at radius 3 is 0.680 bits per heavy atom. The van der Waals surface area contributed by atoms with E-state index in [-0.39, 0.29) is 25.7 Å². The second-order valence-corrected chi connectivity index (χ2v) is 32.5. The van der Waals surface area contributed by atoms with Crippen LogP contribution < -0.4 is 0 Å². The number of ether oxygens (including phenoxy) is 4. The fraction of sp³-hybridized carbons (Fsp3) is 0.951. The van der Waals surface area contributed by atoms with Crippen molar-refractivity contribution in [3.8, 4) is 0 Å². The zero-order chi connectivity index (χ0) is 73.4. The number of carbonyl (C=O) groups excluding carboxylic acids is 4. The predicted octanol–water partition coefficient (Wildman–Crippen LogP) is 24.4. The van der Waals surface area contributed by atoms with Gasteiger partial charge in [0.1, 0.15) is 19.3 Å². The van der Waals surface area contributed by atoms with Crippen molar-refractivity contribution in [1.29, 1.82) is 0 Å². The lowest BCUT2D eigenvalue weighted by molar-refractivity contribution is -0.161. The summed E-state index contributed by atoms with van der Waals surface area (Å²) in [5.41, 5.74) is 0. The Kier molecular flexibility index (Phi) is 72.5. The van der Waals surface area contributed by atoms with Gasteiger partial charge < -0.3 is 33.8 Å². The largest absolute Gasteiger partial charge is 0.472 e. The third-order valence-electron chi connectivity index (χ3n) is 19.0. The number of unbranched alkanes of at least 4 members (excludes halogenated alkanes) is 53. The first-order chi connectivity index (χ1) is 48.5. The zero-order valence-electron chi connectivity index (χ0n) is 65.3. The summed E-state index contributed by atoms with van der Waals surface area (Å²) in [4.78, 5) is 73.1. The SMILES string of the molecule is CCCCCCCCCCCCCCCCCCCCC(=O)O[C@H](COC(=O)CCCCCCCCCCCCCCCCC)COP(=O)(O)OC[C@@H](O)COP(=O)(O)OC[C@@H](COC(=O)CCCCCCCCCCCC(C)C)OC(=O)CCCCCCCCCCCCCCCCC. The van der Waals surface area contributed by atoms with Gasteiger partial charge in [-0.15, -0.1) is 0 Å². The van der Waals surface area contributed by atoms with Crippen LogP contribution in [0.25, 0.3) is 0 Å². The molecule has 0 bridgehead atoms. The van der Waals surface area contributed by atoms with E-state index in [1.165, 1.54) is 257 Å². The van der Waals surface area contributed by atoms with Gasteiger partial charge in [-0.25, -0.2) is 9.13 Å². The molecule has 2 unspecified atom stereocenters. The Morgan fingerprint density at radius 2 is 0.460 bits per heavy atom. The maximum absolute atomic E-state index is 13.1. The lowest BCUT2D eigenvalue weighted by Gasteiger charge is -2.21. The molecule has 0 aliphatic carbocycles. The molecule has 0 amide bonds. The molecule has 0 aliphatic heterocycles. The van der Waals surface area contributed by atoms with Crippen LogP contribution in [-0.4, -0.2) is 96.7 Å². The molecule has 100 heavy (non-hydrogen) atoms. The van der Waals surface area contributed by atoms with Gasteiger partial charge in [-0.1, -0.05) is 381 Å². The summed E-state index contributed by atoms with van der Waals surface area (Å²) < 4.78 is 68.8. The van der Waals surface area contributed by atoms with Crippen LogP contribution in [0.1, 0.15) is 433 Å². The monoisotopic (exact) mass is 1470 g/mol. The van der Waals surface area contributed by atoms with Crippen molar-refractivity contribution in [1.82, 2.24) is 0 Å². The maximum Gasteiger partial charge on any atom is 0.472 e. The van der Waals surface area contributed by atoms with Crippen LogP contribution in [0.3, 0.4) is 0 Å². The first-order valence-electron chi connectivity index (χ1n) is 42.1. The fourth-order valence-corrected chi connectivity index (χ4v) is 14.2. The van der Waals surface area contributed by atoms with Gasteiger partial charge in [-0.2, -0.15) is 0 Å². The molecule has 0 fully saturated rings. The molecule has 0 aromatic rings. The maximum atomic E-state index is 13.1. The Labute approximate surface area is 613 Å². The molecule has 5 atom stereocenters. The number of hydrogen-bond acceptors (Lipinski definition) is 15. The molecule has 0 aromatic heterocycles. The highest BCUT2D eigenvalue weighted by Crippen LogP contribution is 2.45. The van der Waals surface area contributed by atoms with Crippen LogP contribution in [0.15, 0.2) is 0 Å². The van der Waals surface area contributed by atoms with Gasteiger partial charge >= 0.3 is 39.5 Å². The molecule has 594 valence electrons. The third-order valence-corrected chi connectivity index (χ3v) is 20.9. The smallest absolute Gasteiger partial charge is 0.462 e. The summed E-state index contributed by atoms with van der Waals surface area (Å²) >= 11 is 0. The van der Waals surface area contributed by atoms with Crippen molar-refractivity contribution in [2.45, 2.75) is 451 Å². The van der Waals surface area contributed by atoms with Crippen LogP contribution in [0, 0.1) is 5.92 Å². The number of aliphatic hydroxyl groups excluding tert-OH is 1. The molecular formula is C81H158O17P2. The summed E-state index contributed by atoms with van der Waals surface area (Å²) in [6.07, 6.45) is 65.1. The Bertz CT molecular complexity index is 1910. The molecule has 19 heteroatoms. The number of phosphoric ester groups is 2. The van der Waals surface area contributed by atoms with E-state index >= 15 is 0 Å². The Balaban J connectivity index is 5.26. The predicted molar refractivity (Wildman–Crippen MR) is 409 cm³/mol. The standard InChI is InChI=1S/C81H158O17P2/c1-6-9-12-15-18-21-24-27-30-31-32-35-38-41-46-52-57-62-67-81(86)97-76(70-91-78(83)64-59-54-49-44-39-36-33-28-25-22-19-16-13-10-7-2)72-95-99(87,88)93-68-75(82)69-94-100(89,90)96-73-77(71-92-79(84)65-60-55-50-47-42-43-48-53-58-63-74(4)5)98-80(85)66-61-56-51-45-40-37-34-29-26-23-20-17-14-11-8-3/h74-77,82H,6-73H2,1-5H3,(H,87,88)(H,89,90)/t75-,76-,77-/m1/s1. The van der Waals surface area contributed by atoms with Crippen molar-refractivity contribution < 1.29 is 80.2 Å². The van der Waals surface area contributed by atoms with E-state index in [0.29, 0.717) is 25.7 Å². The molecule has 0 rings (SSSR count). The molecule has 0 saturated carbocycles. The molecule has 0 spiro atoms. The molecule has 0 radical (unpaired) electrons. The quantitative estimate of drug-likeness (QED) is 0.0222. The second-order valence-electron chi connectivity index (χ2n) is 29.6. The Morgan fingerprint density at radius 1 is 0.270 bits per heavy atom. The van der Waals surface area contributed by atoms with Gasteiger partial charge in [0, 0.05) is 25.7 Å². The molecule has 0 saturated heterocycles. The number of carbonyl (C=O) groups is 4. The van der Waals surface area contributed by atoms with E-state index in [4.69, 9.17) is 37.0 Å². The van der Waals surface area contributed by atoms with Gasteiger partial charge in [0.25, 0.3) is 0 Å². The number of rotatable bonds is 81. The minimum atomic E-state index is -4.96. The average molecular weight is 1470 g/mol. The minimum Gasteiger partial charge on any atom is -0.462 e. The zero-order valence-corrected chi connectivity index (χ0v) is 67.1. The van der Waals surface area contributed by atoms with Gasteiger partial charge in [0.05, 0.1) is 26.4 Å². The third kappa shape index (κ3) is 74.3. The van der Waals surface area contributed by atoms with E-state index in [9.17, 15) is 43.2 Å². The normalized spacial score (nSPS) is 13.8. The van der Waals surface area contributed by atoms with Gasteiger partial charge in [-0.3, -0.25) is 37.3 Å². The van der Waals surface area contributed by atoms with Crippen LogP contribution in [0.2, 0.25) is 0 Å². The van der Waals surface area contributed by atoms with Crippen molar-refractivity contribution >= 4 is 39.5 Å². The topological polar surface area (TPSA) is 237 Å². The average Bonchev–Trinajstić information content (AvgIpc) is 0.965. The highest BCUT2D eigenvalue weighted by Gasteiger charge is 2.30. The summed E-state index contributed by atoms with van der Waals surface area (Å²) in [6, 6.07) is 0. The summed E-state index contributed by atoms with van der Waals surface area (Å²) in [5, 5.41) is 10.6. The van der Waals surface area contributed by atoms with Crippen LogP contribution >= 0.6 is 15.6 Å². The van der Waals surface area contributed by atoms with E-state index < -0.39 is 97.5 Å². The number of aliphatic hydroxyl groups is 1. The van der Waals surface area contributed by atoms with Crippen molar-refractivity contribution in [2.24, 2.45) is 5.92 Å². The molecule has 0 heterocycles. The lowest BCUT2D eigenvalue weighted by atomic mass is 10.0. The highest BCUT2D eigenvalue weighted by molar-refractivity contribution is 7.47. The van der Waals surface area contributed by atoms with Gasteiger partial charge in [0.2, 0.25) is 0 Å². The number of esters is 4. The molecule has 0 aromatic carbocycles. The van der Waals surface area contributed by atoms with E-state index in [1.54, 1.807) is 0 Å². The molecular weight excluding hydrogens is 1310 g/mol. The van der Waals surface area contributed by atoms with Gasteiger partial charge in [-0.05, 0) is 31.6 Å². The molecule has 3 N–H and O–H groups in total. The van der Waals surface area contributed by atoms with Crippen LogP contribution in [0.5, 0.6) is 0 Å². The minimum absolute atomic E-state index is 0.108. The van der Waals surface area contributed by atoms with Crippen molar-refractivity contribution in [2.75, 3.05) is 39.6 Å². The fourth-order valence-electron chi connectivity index (χ4n) is 12.6. The highest BCUT2D eigenvalue weighted by atomic mass is 31.2. The van der Waals surface area contributed by atoms with Crippen LogP contribution in [-0.2, 0) is 65.4 Å². The molecule has 0 aliphatic rings. The summed E-state index contributed by atoms with van der Waals surface area (Å²) in [7, 11) is -9.92. The first-order valence-corrected chi connectivity index (χ1v) is 45.1. The number of phosphoric acid groups is 2. The lowest BCUT2D eigenvalue weighted by Crippen LogP contribution is -2.30. The van der Waals surface area contributed by atoms with Crippen LogP contribution in [0.4, 0.5) is 0 Å². The second kappa shape index (κ2) is 73.9. The van der Waals surface area contributed by atoms with Crippen molar-refractivity contribution in [3.63, 3.8) is 0 Å². The van der Waals surface area contributed by atoms with E-state index in [0.717, 1.165) is 95.8 Å². The summed E-state index contributed by atoms with van der Waals surface area (Å²) in [6.45, 7) is 7.32.